The van der Waals surface area contributed by atoms with E-state index in [4.69, 9.17) is 5.73 Å². The summed E-state index contributed by atoms with van der Waals surface area (Å²) in [6.07, 6.45) is 0. The topological polar surface area (TPSA) is 63.4 Å². The lowest BCUT2D eigenvalue weighted by Gasteiger charge is -2.35. The first-order valence-electron chi connectivity index (χ1n) is 6.05. The van der Waals surface area contributed by atoms with E-state index in [9.17, 15) is 8.42 Å². The standard InChI is InChI=1S/C13H22N2O2S/c1-5-15(13(3,4)10-14)18(16,17)12-8-6-11(2)7-9-12/h6-9H,5,10,14H2,1-4H3. The van der Waals surface area contributed by atoms with Crippen LogP contribution in [0.5, 0.6) is 0 Å². The number of nitrogens with two attached hydrogens (primary N) is 1. The summed E-state index contributed by atoms with van der Waals surface area (Å²) < 4.78 is 26.6. The zero-order valence-corrected chi connectivity index (χ0v) is 12.3. The molecule has 5 heteroatoms. The van der Waals surface area contributed by atoms with Crippen molar-refractivity contribution in [1.29, 1.82) is 0 Å². The molecule has 0 saturated carbocycles. The molecule has 1 aromatic carbocycles. The van der Waals surface area contributed by atoms with Crippen LogP contribution in [0, 0.1) is 6.92 Å². The monoisotopic (exact) mass is 270 g/mol. The SMILES string of the molecule is CCN(C(C)(C)CN)S(=O)(=O)c1ccc(C)cc1. The predicted molar refractivity (Wildman–Crippen MR) is 73.9 cm³/mol. The Hall–Kier alpha value is -0.910. The molecule has 0 aromatic heterocycles. The Bertz CT molecular complexity index is 492. The summed E-state index contributed by atoms with van der Waals surface area (Å²) in [6.45, 7) is 8.11. The number of hydrogen-bond acceptors (Lipinski definition) is 3. The molecule has 0 heterocycles. The molecule has 0 fully saturated rings. The molecule has 0 atom stereocenters. The van der Waals surface area contributed by atoms with Gasteiger partial charge < -0.3 is 5.73 Å². The molecular formula is C13H22N2O2S. The third-order valence-corrected chi connectivity index (χ3v) is 5.27. The quantitative estimate of drug-likeness (QED) is 0.886. The van der Waals surface area contributed by atoms with Crippen molar-refractivity contribution in [2.45, 2.75) is 38.1 Å². The Balaban J connectivity index is 3.23. The number of benzene rings is 1. The molecule has 0 aliphatic carbocycles. The molecule has 102 valence electrons. The summed E-state index contributed by atoms with van der Waals surface area (Å²) >= 11 is 0. The first kappa shape index (κ1) is 15.1. The van der Waals surface area contributed by atoms with Crippen molar-refractivity contribution in [2.75, 3.05) is 13.1 Å². The summed E-state index contributed by atoms with van der Waals surface area (Å²) in [5.41, 5.74) is 6.13. The van der Waals surface area contributed by atoms with Crippen LogP contribution in [0.15, 0.2) is 29.2 Å². The fourth-order valence-corrected chi connectivity index (χ4v) is 3.66. The second kappa shape index (κ2) is 5.38. The molecule has 0 amide bonds. The lowest BCUT2D eigenvalue weighted by Crippen LogP contribution is -2.51. The normalized spacial score (nSPS) is 13.0. The molecule has 18 heavy (non-hydrogen) atoms. The van der Waals surface area contributed by atoms with E-state index in [-0.39, 0.29) is 6.54 Å². The van der Waals surface area contributed by atoms with E-state index in [0.717, 1.165) is 5.56 Å². The second-order valence-corrected chi connectivity index (χ2v) is 6.86. The van der Waals surface area contributed by atoms with Crippen molar-refractivity contribution in [2.24, 2.45) is 5.73 Å². The van der Waals surface area contributed by atoms with Gasteiger partial charge in [-0.2, -0.15) is 4.31 Å². The number of rotatable bonds is 5. The van der Waals surface area contributed by atoms with Crippen LogP contribution in [0.4, 0.5) is 0 Å². The highest BCUT2D eigenvalue weighted by Gasteiger charge is 2.34. The van der Waals surface area contributed by atoms with Crippen LogP contribution >= 0.6 is 0 Å². The molecule has 2 N–H and O–H groups in total. The molecule has 0 unspecified atom stereocenters. The lowest BCUT2D eigenvalue weighted by atomic mass is 10.1. The van der Waals surface area contributed by atoms with E-state index in [2.05, 4.69) is 0 Å². The van der Waals surface area contributed by atoms with Gasteiger partial charge in [-0.1, -0.05) is 24.6 Å². The molecule has 0 saturated heterocycles. The van der Waals surface area contributed by atoms with Crippen LogP contribution in [0.2, 0.25) is 0 Å². The van der Waals surface area contributed by atoms with Crippen LogP contribution in [0.25, 0.3) is 0 Å². The van der Waals surface area contributed by atoms with Gasteiger partial charge in [0.25, 0.3) is 0 Å². The molecule has 0 bridgehead atoms. The fraction of sp³-hybridized carbons (Fsp3) is 0.538. The summed E-state index contributed by atoms with van der Waals surface area (Å²) in [4.78, 5) is 0.316. The number of nitrogens with zero attached hydrogens (tertiary/aromatic N) is 1. The maximum Gasteiger partial charge on any atom is 0.243 e. The Morgan fingerprint density at radius 2 is 1.72 bits per heavy atom. The maximum absolute atomic E-state index is 12.6. The van der Waals surface area contributed by atoms with E-state index < -0.39 is 15.6 Å². The predicted octanol–water partition coefficient (Wildman–Crippen LogP) is 1.74. The summed E-state index contributed by atoms with van der Waals surface area (Å²) in [5.74, 6) is 0. The average Bonchev–Trinajstić information content (AvgIpc) is 2.29. The highest BCUT2D eigenvalue weighted by molar-refractivity contribution is 7.89. The second-order valence-electron chi connectivity index (χ2n) is 5.00. The van der Waals surface area contributed by atoms with Crippen molar-refractivity contribution in [1.82, 2.24) is 4.31 Å². The largest absolute Gasteiger partial charge is 0.329 e. The van der Waals surface area contributed by atoms with Gasteiger partial charge in [0.2, 0.25) is 10.0 Å². The van der Waals surface area contributed by atoms with Crippen molar-refractivity contribution in [3.63, 3.8) is 0 Å². The lowest BCUT2D eigenvalue weighted by molar-refractivity contribution is 0.244. The minimum Gasteiger partial charge on any atom is -0.329 e. The Morgan fingerprint density at radius 3 is 2.11 bits per heavy atom. The highest BCUT2D eigenvalue weighted by Crippen LogP contribution is 2.23. The van der Waals surface area contributed by atoms with E-state index in [1.165, 1.54) is 4.31 Å². The molecular weight excluding hydrogens is 248 g/mol. The van der Waals surface area contributed by atoms with Gasteiger partial charge in [-0.25, -0.2) is 8.42 Å². The van der Waals surface area contributed by atoms with Gasteiger partial charge in [0.15, 0.2) is 0 Å². The molecule has 1 aromatic rings. The zero-order valence-electron chi connectivity index (χ0n) is 11.5. The molecule has 0 radical (unpaired) electrons. The molecule has 1 rings (SSSR count). The van der Waals surface area contributed by atoms with Crippen LogP contribution < -0.4 is 5.73 Å². The molecule has 4 nitrogen and oxygen atoms in total. The van der Waals surface area contributed by atoms with E-state index >= 15 is 0 Å². The number of aryl methyl sites for hydroxylation is 1. The molecule has 0 aliphatic heterocycles. The zero-order chi connectivity index (χ0) is 14.0. The summed E-state index contributed by atoms with van der Waals surface area (Å²) in [6, 6.07) is 6.88. The maximum atomic E-state index is 12.6. The number of likely N-dealkylation sites (N-methyl/N-ethyl adjacent to an activating group) is 1. The van der Waals surface area contributed by atoms with Gasteiger partial charge in [-0.05, 0) is 32.9 Å². The third-order valence-electron chi connectivity index (χ3n) is 3.07. The minimum absolute atomic E-state index is 0.284. The van der Waals surface area contributed by atoms with Crippen LogP contribution in [0.1, 0.15) is 26.3 Å². The number of hydrogen-bond donors (Lipinski definition) is 1. The van der Waals surface area contributed by atoms with Crippen LogP contribution in [-0.4, -0.2) is 31.4 Å². The highest BCUT2D eigenvalue weighted by atomic mass is 32.2. The third kappa shape index (κ3) is 2.91. The first-order valence-corrected chi connectivity index (χ1v) is 7.49. The molecule has 0 spiro atoms. The smallest absolute Gasteiger partial charge is 0.243 e. The van der Waals surface area contributed by atoms with Crippen LogP contribution in [0.3, 0.4) is 0 Å². The Morgan fingerprint density at radius 1 is 1.22 bits per heavy atom. The van der Waals surface area contributed by atoms with Crippen molar-refractivity contribution in [3.05, 3.63) is 29.8 Å². The molecule has 0 aliphatic rings. The van der Waals surface area contributed by atoms with E-state index in [1.54, 1.807) is 24.3 Å². The van der Waals surface area contributed by atoms with Crippen molar-refractivity contribution >= 4 is 10.0 Å². The van der Waals surface area contributed by atoms with Crippen molar-refractivity contribution in [3.8, 4) is 0 Å². The Labute approximate surface area is 110 Å². The van der Waals surface area contributed by atoms with Gasteiger partial charge in [0.05, 0.1) is 4.90 Å². The van der Waals surface area contributed by atoms with Crippen molar-refractivity contribution < 1.29 is 8.42 Å². The summed E-state index contributed by atoms with van der Waals surface area (Å²) in [7, 11) is -3.48. The summed E-state index contributed by atoms with van der Waals surface area (Å²) in [5, 5.41) is 0. The first-order chi connectivity index (χ1) is 8.25. The van der Waals surface area contributed by atoms with Crippen LogP contribution in [-0.2, 0) is 10.0 Å². The van der Waals surface area contributed by atoms with E-state index in [0.29, 0.717) is 11.4 Å². The van der Waals surface area contributed by atoms with Gasteiger partial charge >= 0.3 is 0 Å². The van der Waals surface area contributed by atoms with Gasteiger partial charge in [-0.3, -0.25) is 0 Å². The van der Waals surface area contributed by atoms with E-state index in [1.807, 2.05) is 27.7 Å². The fourth-order valence-electron chi connectivity index (χ4n) is 1.86. The van der Waals surface area contributed by atoms with Gasteiger partial charge in [-0.15, -0.1) is 0 Å². The van der Waals surface area contributed by atoms with Gasteiger partial charge in [0, 0.05) is 18.6 Å². The van der Waals surface area contributed by atoms with Gasteiger partial charge in [0.1, 0.15) is 0 Å². The average molecular weight is 270 g/mol. The Kier molecular flexibility index (Phi) is 4.53. The number of sulfonamides is 1. The minimum atomic E-state index is -3.48.